The van der Waals surface area contributed by atoms with E-state index in [1.807, 2.05) is 13.8 Å². The van der Waals surface area contributed by atoms with Gasteiger partial charge in [-0.1, -0.05) is 35.5 Å². The Bertz CT molecular complexity index is 736. The summed E-state index contributed by atoms with van der Waals surface area (Å²) in [6, 6.07) is 11.1. The maximum absolute atomic E-state index is 5.26. The summed E-state index contributed by atoms with van der Waals surface area (Å²) in [4.78, 5) is 7.47. The first-order valence-electron chi connectivity index (χ1n) is 10.4. The quantitative estimate of drug-likeness (QED) is 0.320. The zero-order valence-electron chi connectivity index (χ0n) is 17.8. The van der Waals surface area contributed by atoms with Crippen molar-refractivity contribution < 1.29 is 4.52 Å². The Hall–Kier alpha value is -1.61. The first kappa shape index (κ1) is 23.7. The van der Waals surface area contributed by atoms with Crippen LogP contribution in [0.2, 0.25) is 0 Å². The summed E-state index contributed by atoms with van der Waals surface area (Å²) in [5.74, 6) is 1.77. The Morgan fingerprint density at radius 3 is 2.52 bits per heavy atom. The van der Waals surface area contributed by atoms with E-state index in [9.17, 15) is 0 Å². The number of hydrogen-bond donors (Lipinski definition) is 2. The van der Waals surface area contributed by atoms with E-state index >= 15 is 0 Å². The molecule has 1 aliphatic heterocycles. The van der Waals surface area contributed by atoms with Gasteiger partial charge in [0, 0.05) is 18.7 Å². The third kappa shape index (κ3) is 6.70. The minimum absolute atomic E-state index is 0. The number of benzene rings is 1. The van der Waals surface area contributed by atoms with Crippen LogP contribution in [-0.4, -0.2) is 48.7 Å². The minimum Gasteiger partial charge on any atom is -0.361 e. The minimum atomic E-state index is 0. The Balaban J connectivity index is 0.00000300. The predicted octanol–water partition coefficient (Wildman–Crippen LogP) is 3.84. The molecule has 2 aromatic rings. The summed E-state index contributed by atoms with van der Waals surface area (Å²) in [6.45, 7) is 10.8. The van der Waals surface area contributed by atoms with Crippen LogP contribution < -0.4 is 10.6 Å². The van der Waals surface area contributed by atoms with Gasteiger partial charge in [-0.15, -0.1) is 24.0 Å². The lowest BCUT2D eigenvalue weighted by molar-refractivity contribution is 0.251. The maximum atomic E-state index is 5.26. The number of nitrogens with one attached hydrogen (secondary N) is 2. The summed E-state index contributed by atoms with van der Waals surface area (Å²) in [6.07, 6.45) is 3.44. The molecule has 1 atom stereocenters. The average molecular weight is 511 g/mol. The smallest absolute Gasteiger partial charge is 0.191 e. The van der Waals surface area contributed by atoms with Crippen LogP contribution in [0.4, 0.5) is 0 Å². The standard InChI is InChI=1S/C22H33N5O.HI/c1-4-23-22(24-13-12-20-17(2)26-28-18(20)3)25-16-21(27-14-8-9-15-27)19-10-6-5-7-11-19;/h5-7,10-11,21H,4,8-9,12-16H2,1-3H3,(H2,23,24,25);1H. The van der Waals surface area contributed by atoms with Crippen molar-refractivity contribution >= 4 is 29.9 Å². The van der Waals surface area contributed by atoms with E-state index in [1.165, 1.54) is 24.0 Å². The van der Waals surface area contributed by atoms with E-state index in [0.29, 0.717) is 6.04 Å². The number of hydrogen-bond acceptors (Lipinski definition) is 4. The predicted molar refractivity (Wildman–Crippen MR) is 129 cm³/mol. The van der Waals surface area contributed by atoms with E-state index < -0.39 is 0 Å². The SMILES string of the molecule is CCNC(=NCC(c1ccccc1)N1CCCC1)NCCc1c(C)noc1C.I. The summed E-state index contributed by atoms with van der Waals surface area (Å²) in [5, 5.41) is 10.9. The summed E-state index contributed by atoms with van der Waals surface area (Å²) in [5.41, 5.74) is 3.50. The fraction of sp³-hybridized carbons (Fsp3) is 0.545. The number of guanidine groups is 1. The number of nitrogens with zero attached hydrogens (tertiary/aromatic N) is 3. The van der Waals surface area contributed by atoms with Crippen molar-refractivity contribution in [2.75, 3.05) is 32.7 Å². The molecule has 0 spiro atoms. The lowest BCUT2D eigenvalue weighted by atomic mass is 10.1. The van der Waals surface area contributed by atoms with Gasteiger partial charge in [0.2, 0.25) is 0 Å². The summed E-state index contributed by atoms with van der Waals surface area (Å²) in [7, 11) is 0. The van der Waals surface area contributed by atoms with Gasteiger partial charge < -0.3 is 15.2 Å². The molecule has 1 saturated heterocycles. The first-order valence-corrected chi connectivity index (χ1v) is 10.4. The van der Waals surface area contributed by atoms with Gasteiger partial charge >= 0.3 is 0 Å². The second kappa shape index (κ2) is 12.2. The molecule has 2 N–H and O–H groups in total. The second-order valence-corrected chi connectivity index (χ2v) is 7.37. The molecule has 29 heavy (non-hydrogen) atoms. The highest BCUT2D eigenvalue weighted by Gasteiger charge is 2.23. The molecule has 0 bridgehead atoms. The molecular weight excluding hydrogens is 477 g/mol. The molecule has 0 aliphatic carbocycles. The largest absolute Gasteiger partial charge is 0.361 e. The molecule has 1 unspecified atom stereocenters. The fourth-order valence-electron chi connectivity index (χ4n) is 3.84. The Labute approximate surface area is 191 Å². The Kier molecular flexibility index (Phi) is 9.93. The van der Waals surface area contributed by atoms with E-state index in [-0.39, 0.29) is 24.0 Å². The highest BCUT2D eigenvalue weighted by molar-refractivity contribution is 14.0. The van der Waals surface area contributed by atoms with Crippen LogP contribution in [0.5, 0.6) is 0 Å². The van der Waals surface area contributed by atoms with Crippen molar-refractivity contribution in [3.05, 3.63) is 52.9 Å². The van der Waals surface area contributed by atoms with Gasteiger partial charge in [-0.3, -0.25) is 9.89 Å². The van der Waals surface area contributed by atoms with Crippen LogP contribution in [-0.2, 0) is 6.42 Å². The Morgan fingerprint density at radius 2 is 1.90 bits per heavy atom. The molecule has 0 amide bonds. The first-order chi connectivity index (χ1) is 13.7. The van der Waals surface area contributed by atoms with Crippen molar-refractivity contribution in [2.24, 2.45) is 4.99 Å². The molecule has 1 aromatic carbocycles. The van der Waals surface area contributed by atoms with Crippen LogP contribution in [0.25, 0.3) is 0 Å². The van der Waals surface area contributed by atoms with Gasteiger partial charge in [-0.2, -0.15) is 0 Å². The number of aliphatic imine (C=N–C) groups is 1. The van der Waals surface area contributed by atoms with Gasteiger partial charge in [0.25, 0.3) is 0 Å². The van der Waals surface area contributed by atoms with Crippen molar-refractivity contribution in [1.29, 1.82) is 0 Å². The molecular formula is C22H34IN5O. The summed E-state index contributed by atoms with van der Waals surface area (Å²) < 4.78 is 5.26. The van der Waals surface area contributed by atoms with Gasteiger partial charge in [0.05, 0.1) is 18.3 Å². The van der Waals surface area contributed by atoms with Crippen molar-refractivity contribution in [3.63, 3.8) is 0 Å². The molecule has 1 fully saturated rings. The second-order valence-electron chi connectivity index (χ2n) is 7.37. The van der Waals surface area contributed by atoms with E-state index in [4.69, 9.17) is 9.52 Å². The van der Waals surface area contributed by atoms with Gasteiger partial charge in [-0.05, 0) is 58.7 Å². The van der Waals surface area contributed by atoms with E-state index in [1.54, 1.807) is 0 Å². The highest BCUT2D eigenvalue weighted by Crippen LogP contribution is 2.25. The molecule has 7 heteroatoms. The Morgan fingerprint density at radius 1 is 1.17 bits per heavy atom. The van der Waals surface area contributed by atoms with Gasteiger partial charge in [-0.25, -0.2) is 0 Å². The topological polar surface area (TPSA) is 65.7 Å². The molecule has 1 aromatic heterocycles. The van der Waals surface area contributed by atoms with Crippen LogP contribution in [0.1, 0.15) is 48.4 Å². The molecule has 3 rings (SSSR count). The molecule has 6 nitrogen and oxygen atoms in total. The van der Waals surface area contributed by atoms with Gasteiger partial charge in [0.15, 0.2) is 5.96 Å². The lowest BCUT2D eigenvalue weighted by Gasteiger charge is -2.27. The fourth-order valence-corrected chi connectivity index (χ4v) is 3.84. The average Bonchev–Trinajstić information content (AvgIpc) is 3.34. The number of halogens is 1. The maximum Gasteiger partial charge on any atom is 0.191 e. The molecule has 2 heterocycles. The van der Waals surface area contributed by atoms with Crippen LogP contribution in [0, 0.1) is 13.8 Å². The van der Waals surface area contributed by atoms with Crippen molar-refractivity contribution in [2.45, 2.75) is 46.1 Å². The lowest BCUT2D eigenvalue weighted by Crippen LogP contribution is -2.39. The van der Waals surface area contributed by atoms with Crippen LogP contribution in [0.3, 0.4) is 0 Å². The number of aromatic nitrogens is 1. The molecule has 1 aliphatic rings. The van der Waals surface area contributed by atoms with Gasteiger partial charge in [0.1, 0.15) is 5.76 Å². The normalized spacial score (nSPS) is 15.8. The van der Waals surface area contributed by atoms with Crippen molar-refractivity contribution in [1.82, 2.24) is 20.7 Å². The number of rotatable bonds is 8. The third-order valence-electron chi connectivity index (χ3n) is 5.38. The van der Waals surface area contributed by atoms with Crippen molar-refractivity contribution in [3.8, 4) is 0 Å². The van der Waals surface area contributed by atoms with E-state index in [0.717, 1.165) is 56.6 Å². The molecule has 0 saturated carbocycles. The summed E-state index contributed by atoms with van der Waals surface area (Å²) >= 11 is 0. The molecule has 160 valence electrons. The number of likely N-dealkylation sites (tertiary alicyclic amines) is 1. The number of aryl methyl sites for hydroxylation is 2. The monoisotopic (exact) mass is 511 g/mol. The third-order valence-corrected chi connectivity index (χ3v) is 5.38. The zero-order valence-corrected chi connectivity index (χ0v) is 20.1. The zero-order chi connectivity index (χ0) is 19.8. The van der Waals surface area contributed by atoms with E-state index in [2.05, 4.69) is 57.9 Å². The van der Waals surface area contributed by atoms with Crippen LogP contribution >= 0.6 is 24.0 Å². The molecule has 0 radical (unpaired) electrons. The highest BCUT2D eigenvalue weighted by atomic mass is 127. The van der Waals surface area contributed by atoms with Crippen LogP contribution in [0.15, 0.2) is 39.8 Å².